The quantitative estimate of drug-likeness (QED) is 0.541. The summed E-state index contributed by atoms with van der Waals surface area (Å²) in [6, 6.07) is 17.1. The Labute approximate surface area is 151 Å². The van der Waals surface area contributed by atoms with Gasteiger partial charge in [-0.2, -0.15) is 0 Å². The van der Waals surface area contributed by atoms with E-state index >= 15 is 0 Å². The molecule has 3 aromatic rings. The van der Waals surface area contributed by atoms with Gasteiger partial charge in [0.1, 0.15) is 5.82 Å². The van der Waals surface area contributed by atoms with Crippen molar-refractivity contribution in [3.8, 4) is 0 Å². The van der Waals surface area contributed by atoms with Crippen LogP contribution >= 0.6 is 0 Å². The second kappa shape index (κ2) is 9.12. The summed E-state index contributed by atoms with van der Waals surface area (Å²) in [6.45, 7) is 1.09. The lowest BCUT2D eigenvalue weighted by Gasteiger charge is -2.08. The number of carbonyl (C=O) groups excluding carboxylic acids is 1. The molecule has 7 nitrogen and oxygen atoms in total. The second-order valence-corrected chi connectivity index (χ2v) is 5.61. The molecule has 0 saturated heterocycles. The molecule has 1 aromatic carbocycles. The summed E-state index contributed by atoms with van der Waals surface area (Å²) in [5.41, 5.74) is 1.85. The summed E-state index contributed by atoms with van der Waals surface area (Å²) in [5, 5.41) is 17.3. The van der Waals surface area contributed by atoms with Gasteiger partial charge in [0.05, 0.1) is 18.3 Å². The molecule has 0 unspecified atom stereocenters. The average Bonchev–Trinajstić information content (AvgIpc) is 2.68. The molecule has 1 amide bonds. The van der Waals surface area contributed by atoms with Gasteiger partial charge in [0.15, 0.2) is 5.82 Å². The first-order valence-electron chi connectivity index (χ1n) is 8.35. The van der Waals surface area contributed by atoms with Crippen molar-refractivity contribution in [3.63, 3.8) is 0 Å². The van der Waals surface area contributed by atoms with Gasteiger partial charge in [0, 0.05) is 19.3 Å². The van der Waals surface area contributed by atoms with Crippen LogP contribution in [0.25, 0.3) is 0 Å². The molecule has 2 aromatic heterocycles. The predicted octanol–water partition coefficient (Wildman–Crippen LogP) is 2.39. The fourth-order valence-corrected chi connectivity index (χ4v) is 2.31. The molecule has 0 spiro atoms. The molecular formula is C19H20N6O. The van der Waals surface area contributed by atoms with Gasteiger partial charge in [-0.1, -0.05) is 30.3 Å². The Bertz CT molecular complexity index is 808. The zero-order chi connectivity index (χ0) is 18.0. The Morgan fingerprint density at radius 3 is 2.42 bits per heavy atom. The van der Waals surface area contributed by atoms with E-state index in [0.29, 0.717) is 31.1 Å². The summed E-state index contributed by atoms with van der Waals surface area (Å²) in [4.78, 5) is 15.9. The van der Waals surface area contributed by atoms with Crippen molar-refractivity contribution in [2.75, 3.05) is 23.7 Å². The third-order valence-electron chi connectivity index (χ3n) is 3.56. The molecule has 0 atom stereocenters. The molecule has 0 bridgehead atoms. The van der Waals surface area contributed by atoms with Gasteiger partial charge in [-0.05, 0) is 29.8 Å². The average molecular weight is 348 g/mol. The third kappa shape index (κ3) is 5.55. The number of amides is 1. The molecule has 3 N–H and O–H groups in total. The van der Waals surface area contributed by atoms with Gasteiger partial charge < -0.3 is 16.0 Å². The molecule has 7 heteroatoms. The molecule has 0 aliphatic rings. The molecule has 26 heavy (non-hydrogen) atoms. The topological polar surface area (TPSA) is 91.8 Å². The number of hydrogen-bond donors (Lipinski definition) is 3. The van der Waals surface area contributed by atoms with Gasteiger partial charge >= 0.3 is 0 Å². The Hall–Kier alpha value is -3.48. The molecular weight excluding hydrogens is 328 g/mol. The van der Waals surface area contributed by atoms with Crippen LogP contribution in [0.4, 0.5) is 17.3 Å². The second-order valence-electron chi connectivity index (χ2n) is 5.61. The van der Waals surface area contributed by atoms with E-state index in [1.165, 1.54) is 0 Å². The van der Waals surface area contributed by atoms with Crippen LogP contribution in [0.3, 0.4) is 0 Å². The van der Waals surface area contributed by atoms with E-state index in [4.69, 9.17) is 0 Å². The van der Waals surface area contributed by atoms with E-state index in [1.807, 2.05) is 54.6 Å². The molecule has 0 radical (unpaired) electrons. The van der Waals surface area contributed by atoms with Crippen LogP contribution in [-0.2, 0) is 11.2 Å². The van der Waals surface area contributed by atoms with Crippen LogP contribution in [0.5, 0.6) is 0 Å². The standard InChI is InChI=1S/C19H20N6O/c26-19(13-15-5-2-1-3-6-15)22-12-11-21-17-8-9-18(25-24-17)23-16-7-4-10-20-14-16/h1-10,14H,11-13H2,(H,21,24)(H,22,26)(H,23,25). The lowest BCUT2D eigenvalue weighted by atomic mass is 10.1. The highest BCUT2D eigenvalue weighted by Crippen LogP contribution is 2.12. The fraction of sp³-hybridized carbons (Fsp3) is 0.158. The number of nitrogens with one attached hydrogen (secondary N) is 3. The highest BCUT2D eigenvalue weighted by Gasteiger charge is 2.02. The molecule has 3 rings (SSSR count). The predicted molar refractivity (Wildman–Crippen MR) is 101 cm³/mol. The normalized spacial score (nSPS) is 10.2. The molecule has 2 heterocycles. The summed E-state index contributed by atoms with van der Waals surface area (Å²) < 4.78 is 0. The number of benzene rings is 1. The SMILES string of the molecule is O=C(Cc1ccccc1)NCCNc1ccc(Nc2cccnc2)nn1. The van der Waals surface area contributed by atoms with Gasteiger partial charge in [-0.25, -0.2) is 0 Å². The maximum Gasteiger partial charge on any atom is 0.224 e. The van der Waals surface area contributed by atoms with Crippen LogP contribution in [-0.4, -0.2) is 34.2 Å². The Balaban J connectivity index is 1.37. The molecule has 0 aliphatic carbocycles. The maximum atomic E-state index is 11.9. The van der Waals surface area contributed by atoms with E-state index in [0.717, 1.165) is 11.3 Å². The highest BCUT2D eigenvalue weighted by atomic mass is 16.1. The van der Waals surface area contributed by atoms with E-state index in [1.54, 1.807) is 12.4 Å². The van der Waals surface area contributed by atoms with Crippen LogP contribution in [0.2, 0.25) is 0 Å². The highest BCUT2D eigenvalue weighted by molar-refractivity contribution is 5.78. The summed E-state index contributed by atoms with van der Waals surface area (Å²) in [7, 11) is 0. The van der Waals surface area contributed by atoms with Crippen molar-refractivity contribution in [1.29, 1.82) is 0 Å². The van der Waals surface area contributed by atoms with E-state index < -0.39 is 0 Å². The zero-order valence-electron chi connectivity index (χ0n) is 14.2. The fourth-order valence-electron chi connectivity index (χ4n) is 2.31. The summed E-state index contributed by atoms with van der Waals surface area (Å²) >= 11 is 0. The van der Waals surface area contributed by atoms with Crippen LogP contribution in [0, 0.1) is 0 Å². The van der Waals surface area contributed by atoms with Crippen molar-refractivity contribution in [1.82, 2.24) is 20.5 Å². The number of nitrogens with zero attached hydrogens (tertiary/aromatic N) is 3. The Kier molecular flexibility index (Phi) is 6.09. The lowest BCUT2D eigenvalue weighted by Crippen LogP contribution is -2.30. The minimum absolute atomic E-state index is 0.0000951. The molecule has 0 aliphatic heterocycles. The van der Waals surface area contributed by atoms with Gasteiger partial charge in [0.25, 0.3) is 0 Å². The minimum atomic E-state index is 0.0000951. The number of aromatic nitrogens is 3. The lowest BCUT2D eigenvalue weighted by molar-refractivity contribution is -0.120. The van der Waals surface area contributed by atoms with E-state index in [-0.39, 0.29) is 5.91 Å². The number of hydrogen-bond acceptors (Lipinski definition) is 6. The van der Waals surface area contributed by atoms with Crippen molar-refractivity contribution in [2.45, 2.75) is 6.42 Å². The monoisotopic (exact) mass is 348 g/mol. The Morgan fingerprint density at radius 1 is 0.885 bits per heavy atom. The van der Waals surface area contributed by atoms with Crippen LogP contribution in [0.15, 0.2) is 67.0 Å². The molecule has 0 fully saturated rings. The number of anilines is 3. The zero-order valence-corrected chi connectivity index (χ0v) is 14.2. The summed E-state index contributed by atoms with van der Waals surface area (Å²) in [5.74, 6) is 1.29. The van der Waals surface area contributed by atoms with Gasteiger partial charge in [0.2, 0.25) is 5.91 Å². The largest absolute Gasteiger partial charge is 0.367 e. The number of carbonyl (C=O) groups is 1. The van der Waals surface area contributed by atoms with Crippen LogP contribution in [0.1, 0.15) is 5.56 Å². The first kappa shape index (κ1) is 17.3. The van der Waals surface area contributed by atoms with E-state index in [2.05, 4.69) is 31.1 Å². The van der Waals surface area contributed by atoms with Gasteiger partial charge in [-0.15, -0.1) is 10.2 Å². The first-order valence-corrected chi connectivity index (χ1v) is 8.35. The van der Waals surface area contributed by atoms with E-state index in [9.17, 15) is 4.79 Å². The van der Waals surface area contributed by atoms with Crippen LogP contribution < -0.4 is 16.0 Å². The summed E-state index contributed by atoms with van der Waals surface area (Å²) in [6.07, 6.45) is 3.81. The molecule has 132 valence electrons. The van der Waals surface area contributed by atoms with Crippen molar-refractivity contribution in [2.24, 2.45) is 0 Å². The Morgan fingerprint density at radius 2 is 1.69 bits per heavy atom. The third-order valence-corrected chi connectivity index (χ3v) is 3.56. The molecule has 0 saturated carbocycles. The number of rotatable bonds is 8. The first-order chi connectivity index (χ1) is 12.8. The van der Waals surface area contributed by atoms with Crippen molar-refractivity contribution in [3.05, 3.63) is 72.6 Å². The van der Waals surface area contributed by atoms with Gasteiger partial charge in [-0.3, -0.25) is 9.78 Å². The van der Waals surface area contributed by atoms with Crippen molar-refractivity contribution < 1.29 is 4.79 Å². The smallest absolute Gasteiger partial charge is 0.224 e. The van der Waals surface area contributed by atoms with Crippen molar-refractivity contribution >= 4 is 23.2 Å². The maximum absolute atomic E-state index is 11.9. The minimum Gasteiger partial charge on any atom is -0.367 e. The number of pyridine rings is 1.